The minimum Gasteiger partial charge on any atom is -0.455 e. The molecular weight excluding hydrogens is 405 g/mol. The van der Waals surface area contributed by atoms with Crippen LogP contribution in [0.25, 0.3) is 32.4 Å². The van der Waals surface area contributed by atoms with Crippen LogP contribution in [-0.2, 0) is 10.2 Å². The average molecular weight is 415 g/mol. The Labute approximate surface area is 154 Å². The monoisotopic (exact) mass is 414 g/mol. The Morgan fingerprint density at radius 3 is 2.46 bits per heavy atom. The van der Waals surface area contributed by atoms with Gasteiger partial charge in [0.2, 0.25) is 0 Å². The molecule has 0 amide bonds. The summed E-state index contributed by atoms with van der Waals surface area (Å²) in [7, 11) is -5.72. The summed E-state index contributed by atoms with van der Waals surface area (Å²) in [5.41, 5.74) is -4.10. The van der Waals surface area contributed by atoms with Gasteiger partial charge in [0, 0.05) is 26.8 Å². The Hall–Kier alpha value is -1.76. The van der Waals surface area contributed by atoms with E-state index < -0.39 is 18.8 Å². The summed E-state index contributed by atoms with van der Waals surface area (Å²) in [6.45, 7) is 0. The molecule has 0 aliphatic carbocycles. The second-order valence-corrected chi connectivity index (χ2v) is 9.02. The van der Waals surface area contributed by atoms with Crippen LogP contribution in [0.4, 0.5) is 8.78 Å². The molecule has 0 saturated heterocycles. The molecule has 0 aliphatic heterocycles. The summed E-state index contributed by atoms with van der Waals surface area (Å²) in [4.78, 5) is 19.0. The fraction of sp³-hybridized carbons (Fsp3) is 0.0588. The van der Waals surface area contributed by atoms with Gasteiger partial charge in [-0.25, -0.2) is 0 Å². The molecule has 0 bridgehead atoms. The molecule has 4 aromatic rings. The molecule has 2 aromatic heterocycles. The average Bonchev–Trinajstić information content (AvgIpc) is 3.16. The van der Waals surface area contributed by atoms with E-state index in [1.807, 2.05) is 0 Å². The molecule has 0 fully saturated rings. The van der Waals surface area contributed by atoms with E-state index in [9.17, 15) is 23.1 Å². The van der Waals surface area contributed by atoms with E-state index >= 15 is 0 Å². The van der Waals surface area contributed by atoms with Gasteiger partial charge in [-0.15, -0.1) is 11.3 Å². The van der Waals surface area contributed by atoms with Gasteiger partial charge in [-0.05, 0) is 24.3 Å². The molecule has 0 radical (unpaired) electrons. The minimum atomic E-state index is -5.72. The topological polar surface area (TPSA) is 70.7 Å². The van der Waals surface area contributed by atoms with Crippen LogP contribution in [0.2, 0.25) is 4.34 Å². The Morgan fingerprint density at radius 2 is 1.81 bits per heavy atom. The van der Waals surface area contributed by atoms with Gasteiger partial charge in [-0.3, -0.25) is 4.57 Å². The number of benzene rings is 2. The molecule has 26 heavy (non-hydrogen) atoms. The van der Waals surface area contributed by atoms with Crippen LogP contribution < -0.4 is 0 Å². The van der Waals surface area contributed by atoms with Crippen molar-refractivity contribution in [3.63, 3.8) is 0 Å². The third-order valence-electron chi connectivity index (χ3n) is 4.05. The molecule has 9 heteroatoms. The van der Waals surface area contributed by atoms with Gasteiger partial charge >= 0.3 is 13.3 Å². The number of para-hydroxylation sites is 1. The first-order valence-corrected chi connectivity index (χ1v) is 10.1. The zero-order valence-electron chi connectivity index (χ0n) is 12.8. The third-order valence-corrected chi connectivity index (χ3v) is 6.29. The first kappa shape index (κ1) is 17.6. The maximum atomic E-state index is 14.5. The highest BCUT2D eigenvalue weighted by Gasteiger charge is 2.51. The van der Waals surface area contributed by atoms with E-state index in [0.717, 1.165) is 6.07 Å². The molecule has 0 atom stereocenters. The molecule has 4 rings (SSSR count). The van der Waals surface area contributed by atoms with Crippen LogP contribution in [0.15, 0.2) is 52.9 Å². The van der Waals surface area contributed by atoms with E-state index in [1.165, 1.54) is 17.4 Å². The number of hydrogen-bond donors (Lipinski definition) is 2. The van der Waals surface area contributed by atoms with Gasteiger partial charge in [0.1, 0.15) is 11.2 Å². The molecule has 0 aliphatic rings. The predicted octanol–water partition coefficient (Wildman–Crippen LogP) is 6.19. The number of halogens is 3. The lowest BCUT2D eigenvalue weighted by Crippen LogP contribution is -2.14. The number of alkyl halides is 2. The number of hydrogen-bond acceptors (Lipinski definition) is 3. The summed E-state index contributed by atoms with van der Waals surface area (Å²) in [5, 5.41) is 0.339. The molecule has 0 saturated carbocycles. The van der Waals surface area contributed by atoms with Gasteiger partial charge in [-0.2, -0.15) is 8.78 Å². The van der Waals surface area contributed by atoms with Crippen molar-refractivity contribution < 1.29 is 27.5 Å². The van der Waals surface area contributed by atoms with Crippen molar-refractivity contribution >= 4 is 52.5 Å². The SMILES string of the molecule is O=P(O)(O)C(F)(F)c1ccc(-c2ccc(Cl)s2)c2oc3ccccc3c12. The molecule has 134 valence electrons. The Morgan fingerprint density at radius 1 is 1.08 bits per heavy atom. The second kappa shape index (κ2) is 5.87. The van der Waals surface area contributed by atoms with Gasteiger partial charge in [0.05, 0.1) is 4.34 Å². The second-order valence-electron chi connectivity index (χ2n) is 5.65. The first-order valence-electron chi connectivity index (χ1n) is 7.34. The molecule has 2 heterocycles. The summed E-state index contributed by atoms with van der Waals surface area (Å²) in [6.07, 6.45) is 0. The summed E-state index contributed by atoms with van der Waals surface area (Å²) in [6, 6.07) is 12.3. The van der Waals surface area contributed by atoms with Gasteiger partial charge in [-0.1, -0.05) is 35.9 Å². The van der Waals surface area contributed by atoms with Crippen LogP contribution in [0.3, 0.4) is 0 Å². The van der Waals surface area contributed by atoms with Crippen molar-refractivity contribution in [1.29, 1.82) is 0 Å². The summed E-state index contributed by atoms with van der Waals surface area (Å²) >= 11 is 7.22. The lowest BCUT2D eigenvalue weighted by molar-refractivity contribution is 0.0579. The zero-order valence-corrected chi connectivity index (χ0v) is 15.3. The Bertz CT molecular complexity index is 1190. The molecule has 2 aromatic carbocycles. The van der Waals surface area contributed by atoms with E-state index in [1.54, 1.807) is 36.4 Å². The number of furan rings is 1. The minimum absolute atomic E-state index is 0.0176. The smallest absolute Gasteiger partial charge is 0.399 e. The van der Waals surface area contributed by atoms with E-state index in [4.69, 9.17) is 16.0 Å². The number of thiophene rings is 1. The van der Waals surface area contributed by atoms with Gasteiger partial charge in [0.15, 0.2) is 0 Å². The third kappa shape index (κ3) is 2.59. The highest BCUT2D eigenvalue weighted by molar-refractivity contribution is 7.52. The van der Waals surface area contributed by atoms with E-state index in [0.29, 0.717) is 25.7 Å². The van der Waals surface area contributed by atoms with Crippen molar-refractivity contribution in [2.45, 2.75) is 5.66 Å². The predicted molar refractivity (Wildman–Crippen MR) is 98.0 cm³/mol. The highest BCUT2D eigenvalue weighted by atomic mass is 35.5. The van der Waals surface area contributed by atoms with Gasteiger partial charge < -0.3 is 14.2 Å². The van der Waals surface area contributed by atoms with Gasteiger partial charge in [0.25, 0.3) is 0 Å². The normalized spacial score (nSPS) is 13.0. The fourth-order valence-electron chi connectivity index (χ4n) is 2.89. The highest BCUT2D eigenvalue weighted by Crippen LogP contribution is 2.61. The van der Waals surface area contributed by atoms with Crippen LogP contribution in [-0.4, -0.2) is 9.79 Å². The van der Waals surface area contributed by atoms with Crippen molar-refractivity contribution in [3.05, 3.63) is 58.4 Å². The van der Waals surface area contributed by atoms with Crippen molar-refractivity contribution in [2.24, 2.45) is 0 Å². The quantitative estimate of drug-likeness (QED) is 0.392. The lowest BCUT2D eigenvalue weighted by atomic mass is 10.0. The van der Waals surface area contributed by atoms with E-state index in [2.05, 4.69) is 0 Å². The maximum absolute atomic E-state index is 14.5. The number of rotatable bonds is 3. The van der Waals surface area contributed by atoms with Crippen molar-refractivity contribution in [1.82, 2.24) is 0 Å². The van der Waals surface area contributed by atoms with Crippen molar-refractivity contribution in [2.75, 3.05) is 0 Å². The standard InChI is InChI=1S/C17H10ClF2O4PS/c18-14-8-7-13(26-14)10-5-6-11(17(19,20)25(21,22)23)15-9-3-1-2-4-12(9)24-16(10)15/h1-8H,(H2,21,22,23). The van der Waals surface area contributed by atoms with Crippen LogP contribution in [0.5, 0.6) is 0 Å². The Kier molecular flexibility index (Phi) is 3.99. The summed E-state index contributed by atoms with van der Waals surface area (Å²) < 4.78 is 46.7. The molecule has 4 nitrogen and oxygen atoms in total. The molecule has 2 N–H and O–H groups in total. The maximum Gasteiger partial charge on any atom is 0.399 e. The van der Waals surface area contributed by atoms with Crippen LogP contribution >= 0.6 is 30.5 Å². The lowest BCUT2D eigenvalue weighted by Gasteiger charge is -2.19. The van der Waals surface area contributed by atoms with Crippen LogP contribution in [0.1, 0.15) is 5.56 Å². The molecular formula is C17H10ClF2O4PS. The zero-order chi connectivity index (χ0) is 18.7. The largest absolute Gasteiger partial charge is 0.455 e. The molecule has 0 spiro atoms. The molecule has 0 unspecified atom stereocenters. The summed E-state index contributed by atoms with van der Waals surface area (Å²) in [5.74, 6) is 0. The fourth-order valence-corrected chi connectivity index (χ4v) is 4.45. The first-order chi connectivity index (χ1) is 12.2. The van der Waals surface area contributed by atoms with Crippen molar-refractivity contribution in [3.8, 4) is 10.4 Å². The van der Waals surface area contributed by atoms with Crippen LogP contribution in [0, 0.1) is 0 Å². The van der Waals surface area contributed by atoms with E-state index in [-0.39, 0.29) is 11.0 Å². The Balaban J connectivity index is 2.15. The number of fused-ring (bicyclic) bond motifs is 3.